The van der Waals surface area contributed by atoms with Gasteiger partial charge in [-0.05, 0) is 26.2 Å². The molecule has 2 nitrogen and oxygen atoms in total. The lowest BCUT2D eigenvalue weighted by molar-refractivity contribution is 0.635. The highest BCUT2D eigenvalue weighted by Crippen LogP contribution is 2.25. The van der Waals surface area contributed by atoms with E-state index in [1.165, 1.54) is 32.1 Å². The number of nitrogens with two attached hydrogens (primary N) is 1. The Bertz CT molecular complexity index is 169. The van der Waals surface area contributed by atoms with E-state index in [1.807, 2.05) is 0 Å². The molecule has 0 aromatic rings. The fourth-order valence-electron chi connectivity index (χ4n) is 2.06. The molecule has 0 bridgehead atoms. The Labute approximate surface area is 81.6 Å². The fourth-order valence-corrected chi connectivity index (χ4v) is 2.06. The lowest BCUT2D eigenvalue weighted by Crippen LogP contribution is -2.23. The molecule has 0 radical (unpaired) electrons. The van der Waals surface area contributed by atoms with Crippen LogP contribution in [0.25, 0.3) is 0 Å². The van der Waals surface area contributed by atoms with Crippen molar-refractivity contribution < 1.29 is 0 Å². The summed E-state index contributed by atoms with van der Waals surface area (Å²) >= 11 is 0. The Morgan fingerprint density at radius 2 is 2.08 bits per heavy atom. The van der Waals surface area contributed by atoms with E-state index in [-0.39, 0.29) is 0 Å². The van der Waals surface area contributed by atoms with Crippen LogP contribution in [-0.2, 0) is 0 Å². The van der Waals surface area contributed by atoms with E-state index in [2.05, 4.69) is 18.8 Å². The predicted molar refractivity (Wildman–Crippen MR) is 58.0 cm³/mol. The average molecular weight is 182 g/mol. The molecule has 1 aliphatic rings. The average Bonchev–Trinajstić information content (AvgIpc) is 2.55. The number of hydrogen-bond donors (Lipinski definition) is 1. The molecule has 1 fully saturated rings. The fraction of sp³-hybridized carbons (Fsp3) is 0.909. The third-order valence-corrected chi connectivity index (χ3v) is 2.85. The van der Waals surface area contributed by atoms with Crippen LogP contribution in [0.3, 0.4) is 0 Å². The van der Waals surface area contributed by atoms with E-state index in [9.17, 15) is 0 Å². The Hall–Kier alpha value is -0.530. The molecule has 0 saturated heterocycles. The largest absolute Gasteiger partial charge is 0.387 e. The van der Waals surface area contributed by atoms with Crippen LogP contribution in [0.2, 0.25) is 0 Å². The first-order chi connectivity index (χ1) is 6.24. The predicted octanol–water partition coefficient (Wildman–Crippen LogP) is 2.72. The highest BCUT2D eigenvalue weighted by molar-refractivity contribution is 5.83. The van der Waals surface area contributed by atoms with Gasteiger partial charge in [0, 0.05) is 12.0 Å². The Kier molecular flexibility index (Phi) is 4.26. The van der Waals surface area contributed by atoms with Crippen LogP contribution in [0.5, 0.6) is 0 Å². The molecule has 1 aliphatic carbocycles. The molecule has 0 aromatic carbocycles. The lowest BCUT2D eigenvalue weighted by atomic mass is 10.1. The van der Waals surface area contributed by atoms with Gasteiger partial charge in [0.2, 0.25) is 0 Å². The molecule has 0 aromatic heterocycles. The number of aliphatic imine (C=N–C) groups is 1. The topological polar surface area (TPSA) is 38.4 Å². The van der Waals surface area contributed by atoms with Crippen molar-refractivity contribution in [3.05, 3.63) is 0 Å². The Balaban J connectivity index is 2.39. The van der Waals surface area contributed by atoms with Crippen LogP contribution >= 0.6 is 0 Å². The zero-order chi connectivity index (χ0) is 9.68. The van der Waals surface area contributed by atoms with Gasteiger partial charge in [-0.25, -0.2) is 0 Å². The molecule has 0 spiro atoms. The van der Waals surface area contributed by atoms with Crippen molar-refractivity contribution in [3.8, 4) is 0 Å². The van der Waals surface area contributed by atoms with Gasteiger partial charge in [-0.2, -0.15) is 0 Å². The molecule has 1 unspecified atom stereocenters. The normalized spacial score (nSPS) is 22.2. The van der Waals surface area contributed by atoms with E-state index in [0.29, 0.717) is 12.0 Å². The first-order valence-electron chi connectivity index (χ1n) is 5.57. The summed E-state index contributed by atoms with van der Waals surface area (Å²) in [4.78, 5) is 4.54. The zero-order valence-corrected chi connectivity index (χ0v) is 8.92. The molecular weight excluding hydrogens is 160 g/mol. The summed E-state index contributed by atoms with van der Waals surface area (Å²) in [5.74, 6) is 1.51. The van der Waals surface area contributed by atoms with Gasteiger partial charge in [-0.3, -0.25) is 4.99 Å². The van der Waals surface area contributed by atoms with Gasteiger partial charge < -0.3 is 5.73 Å². The van der Waals surface area contributed by atoms with Crippen molar-refractivity contribution >= 4 is 5.84 Å². The minimum Gasteiger partial charge on any atom is -0.387 e. The van der Waals surface area contributed by atoms with E-state index < -0.39 is 0 Å². The molecule has 76 valence electrons. The highest BCUT2D eigenvalue weighted by Gasteiger charge is 2.18. The van der Waals surface area contributed by atoms with Gasteiger partial charge in [0.05, 0.1) is 5.84 Å². The zero-order valence-electron chi connectivity index (χ0n) is 8.92. The van der Waals surface area contributed by atoms with Crippen LogP contribution < -0.4 is 5.73 Å². The van der Waals surface area contributed by atoms with Gasteiger partial charge in [0.1, 0.15) is 0 Å². The lowest BCUT2D eigenvalue weighted by Gasteiger charge is -2.11. The number of nitrogens with zero attached hydrogens (tertiary/aromatic N) is 1. The number of rotatable bonds is 4. The molecule has 1 saturated carbocycles. The maximum absolute atomic E-state index is 5.96. The summed E-state index contributed by atoms with van der Waals surface area (Å²) in [6, 6.07) is 0.422. The molecule has 0 amide bonds. The third kappa shape index (κ3) is 3.37. The second kappa shape index (κ2) is 5.25. The molecule has 1 atom stereocenters. The highest BCUT2D eigenvalue weighted by atomic mass is 14.9. The van der Waals surface area contributed by atoms with Crippen molar-refractivity contribution in [1.82, 2.24) is 0 Å². The monoisotopic (exact) mass is 182 g/mol. The van der Waals surface area contributed by atoms with Crippen LogP contribution in [0.4, 0.5) is 0 Å². The first-order valence-corrected chi connectivity index (χ1v) is 5.57. The summed E-state index contributed by atoms with van der Waals surface area (Å²) in [7, 11) is 0. The summed E-state index contributed by atoms with van der Waals surface area (Å²) in [5, 5.41) is 0. The van der Waals surface area contributed by atoms with Crippen molar-refractivity contribution in [2.24, 2.45) is 16.6 Å². The van der Waals surface area contributed by atoms with Crippen molar-refractivity contribution in [3.63, 3.8) is 0 Å². The second-order valence-electron chi connectivity index (χ2n) is 4.17. The minimum absolute atomic E-state index is 0.422. The standard InChI is InChI=1S/C11H22N2/c1-3-6-9(2)13-11(12)10-7-4-5-8-10/h9-10H,3-8H2,1-2H3,(H2,12,13). The molecule has 2 N–H and O–H groups in total. The van der Waals surface area contributed by atoms with Crippen molar-refractivity contribution in [2.75, 3.05) is 0 Å². The second-order valence-corrected chi connectivity index (χ2v) is 4.17. The van der Waals surface area contributed by atoms with E-state index in [4.69, 9.17) is 5.73 Å². The van der Waals surface area contributed by atoms with Crippen LogP contribution in [0, 0.1) is 5.92 Å². The molecule has 0 heterocycles. The Morgan fingerprint density at radius 1 is 1.46 bits per heavy atom. The molecular formula is C11H22N2. The summed E-state index contributed by atoms with van der Waals surface area (Å²) < 4.78 is 0. The van der Waals surface area contributed by atoms with Crippen LogP contribution in [0.15, 0.2) is 4.99 Å². The number of hydrogen-bond acceptors (Lipinski definition) is 1. The van der Waals surface area contributed by atoms with Gasteiger partial charge in [-0.15, -0.1) is 0 Å². The molecule has 13 heavy (non-hydrogen) atoms. The smallest absolute Gasteiger partial charge is 0.0971 e. The van der Waals surface area contributed by atoms with Gasteiger partial charge >= 0.3 is 0 Å². The van der Waals surface area contributed by atoms with E-state index in [0.717, 1.165) is 12.3 Å². The maximum atomic E-state index is 5.96. The summed E-state index contributed by atoms with van der Waals surface area (Å²) in [6.07, 6.45) is 7.55. The van der Waals surface area contributed by atoms with Gasteiger partial charge in [0.25, 0.3) is 0 Å². The number of amidine groups is 1. The SMILES string of the molecule is CCCC(C)N=C(N)C1CCCC1. The van der Waals surface area contributed by atoms with Crippen molar-refractivity contribution in [2.45, 2.75) is 58.4 Å². The third-order valence-electron chi connectivity index (χ3n) is 2.85. The van der Waals surface area contributed by atoms with E-state index in [1.54, 1.807) is 0 Å². The molecule has 1 rings (SSSR count). The first kappa shape index (κ1) is 10.6. The van der Waals surface area contributed by atoms with Gasteiger partial charge in [-0.1, -0.05) is 26.2 Å². The minimum atomic E-state index is 0.422. The molecule has 0 aliphatic heterocycles. The molecule has 2 heteroatoms. The summed E-state index contributed by atoms with van der Waals surface area (Å²) in [5.41, 5.74) is 5.96. The van der Waals surface area contributed by atoms with E-state index >= 15 is 0 Å². The maximum Gasteiger partial charge on any atom is 0.0971 e. The quantitative estimate of drug-likeness (QED) is 0.527. The Morgan fingerprint density at radius 3 is 2.62 bits per heavy atom. The summed E-state index contributed by atoms with van der Waals surface area (Å²) in [6.45, 7) is 4.35. The van der Waals surface area contributed by atoms with Gasteiger partial charge in [0.15, 0.2) is 0 Å². The van der Waals surface area contributed by atoms with Crippen LogP contribution in [0.1, 0.15) is 52.4 Å². The van der Waals surface area contributed by atoms with Crippen LogP contribution in [-0.4, -0.2) is 11.9 Å². The van der Waals surface area contributed by atoms with Crippen molar-refractivity contribution in [1.29, 1.82) is 0 Å².